The number of amides is 1. The molecule has 0 radical (unpaired) electrons. The molecule has 1 aliphatic carbocycles. The van der Waals surface area contributed by atoms with Crippen LogP contribution in [0.3, 0.4) is 0 Å². The molecule has 2 N–H and O–H groups in total. The topological polar surface area (TPSA) is 92.9 Å². The van der Waals surface area contributed by atoms with Gasteiger partial charge in [0.2, 0.25) is 11.7 Å². The van der Waals surface area contributed by atoms with Crippen molar-refractivity contribution in [3.05, 3.63) is 70.3 Å². The number of carbonyl (C=O) groups is 1. The van der Waals surface area contributed by atoms with Crippen molar-refractivity contribution in [1.82, 2.24) is 20.4 Å². The number of halogens is 3. The highest BCUT2D eigenvalue weighted by Crippen LogP contribution is 2.34. The van der Waals surface area contributed by atoms with Gasteiger partial charge in [-0.2, -0.15) is 0 Å². The van der Waals surface area contributed by atoms with Crippen LogP contribution in [0, 0.1) is 13.8 Å². The summed E-state index contributed by atoms with van der Waals surface area (Å²) in [5.41, 5.74) is 4.05. The Hall–Kier alpha value is -3.59. The average Bonchev–Trinajstić information content (AvgIpc) is 3.21. The Bertz CT molecular complexity index is 1440. The number of fused-ring (bicyclic) bond motifs is 1. The van der Waals surface area contributed by atoms with Crippen molar-refractivity contribution in [2.24, 2.45) is 0 Å². The Kier molecular flexibility index (Phi) is 6.81. The largest absolute Gasteiger partial charge is 0.365 e. The van der Waals surface area contributed by atoms with Crippen LogP contribution in [0.15, 0.2) is 47.0 Å². The monoisotopic (exact) mass is 525 g/mol. The molecule has 0 spiro atoms. The smallest absolute Gasteiger partial charge is 0.289 e. The highest BCUT2D eigenvalue weighted by Gasteiger charge is 2.35. The Morgan fingerprint density at radius 3 is 2.62 bits per heavy atom. The van der Waals surface area contributed by atoms with E-state index in [1.807, 2.05) is 50.2 Å². The van der Waals surface area contributed by atoms with Crippen LogP contribution in [0.25, 0.3) is 22.0 Å². The lowest BCUT2D eigenvalue weighted by Crippen LogP contribution is -2.40. The van der Waals surface area contributed by atoms with Gasteiger partial charge >= 0.3 is 0 Å². The average molecular weight is 526 g/mol. The molecule has 0 atom stereocenters. The SMILES string of the molecule is Cc1noc(C)c1-c1ccc2nc(C(=O)NC3CCC(F)(F)CC3)nc(NCc3cccc(Cl)c3)c2c1. The molecule has 2 heterocycles. The second-order valence-electron chi connectivity index (χ2n) is 9.41. The zero-order chi connectivity index (χ0) is 26.2. The van der Waals surface area contributed by atoms with Gasteiger partial charge < -0.3 is 15.2 Å². The highest BCUT2D eigenvalue weighted by molar-refractivity contribution is 6.30. The maximum atomic E-state index is 13.5. The number of anilines is 1. The molecule has 1 fully saturated rings. The van der Waals surface area contributed by atoms with Crippen LogP contribution >= 0.6 is 11.6 Å². The zero-order valence-corrected chi connectivity index (χ0v) is 21.2. The van der Waals surface area contributed by atoms with Gasteiger partial charge in [-0.1, -0.05) is 35.0 Å². The summed E-state index contributed by atoms with van der Waals surface area (Å²) in [7, 11) is 0. The summed E-state index contributed by atoms with van der Waals surface area (Å²) < 4.78 is 32.4. The van der Waals surface area contributed by atoms with Crippen molar-refractivity contribution < 1.29 is 18.1 Å². The first kappa shape index (κ1) is 25.1. The van der Waals surface area contributed by atoms with E-state index in [2.05, 4.69) is 25.8 Å². The summed E-state index contributed by atoms with van der Waals surface area (Å²) in [4.78, 5) is 22.1. The lowest BCUT2D eigenvalue weighted by molar-refractivity contribution is -0.0399. The number of alkyl halides is 2. The molecule has 192 valence electrons. The highest BCUT2D eigenvalue weighted by atomic mass is 35.5. The Morgan fingerprint density at radius 2 is 1.92 bits per heavy atom. The standard InChI is InChI=1S/C27H26ClF2N5O2/c1-15-23(16(2)37-35-15)18-6-7-22-21(13-18)24(31-14-17-4-3-5-19(28)12-17)34-25(33-22)26(36)32-20-8-10-27(29,30)11-9-20/h3-7,12-13,20H,8-11,14H2,1-2H3,(H,32,36)(H,31,33,34). The predicted octanol–water partition coefficient (Wildman–Crippen LogP) is 6.47. The molecule has 0 aliphatic heterocycles. The maximum Gasteiger partial charge on any atom is 0.289 e. The summed E-state index contributed by atoms with van der Waals surface area (Å²) in [5, 5.41) is 11.5. The Labute approximate surface area is 217 Å². The van der Waals surface area contributed by atoms with E-state index < -0.39 is 11.8 Å². The molecule has 5 rings (SSSR count). The molecule has 0 saturated heterocycles. The molecule has 1 aliphatic rings. The number of nitrogens with one attached hydrogen (secondary N) is 2. The van der Waals surface area contributed by atoms with Crippen molar-refractivity contribution in [2.75, 3.05) is 5.32 Å². The maximum absolute atomic E-state index is 13.5. The molecule has 0 unspecified atom stereocenters. The molecule has 7 nitrogen and oxygen atoms in total. The number of aryl methyl sites for hydroxylation is 2. The molecule has 1 saturated carbocycles. The van der Waals surface area contributed by atoms with Gasteiger partial charge in [0.1, 0.15) is 11.6 Å². The third kappa shape index (κ3) is 5.56. The first-order chi connectivity index (χ1) is 17.7. The molecule has 37 heavy (non-hydrogen) atoms. The minimum Gasteiger partial charge on any atom is -0.365 e. The lowest BCUT2D eigenvalue weighted by atomic mass is 9.92. The summed E-state index contributed by atoms with van der Waals surface area (Å²) in [6.45, 7) is 4.14. The van der Waals surface area contributed by atoms with E-state index >= 15 is 0 Å². The van der Waals surface area contributed by atoms with E-state index in [1.54, 1.807) is 6.07 Å². The number of hydrogen-bond acceptors (Lipinski definition) is 6. The second kappa shape index (κ2) is 10.0. The fraction of sp³-hybridized carbons (Fsp3) is 0.333. The molecule has 1 amide bonds. The molecule has 2 aromatic carbocycles. The van der Waals surface area contributed by atoms with E-state index in [0.29, 0.717) is 34.0 Å². The summed E-state index contributed by atoms with van der Waals surface area (Å²) in [6.07, 6.45) is -0.0547. The van der Waals surface area contributed by atoms with Crippen molar-refractivity contribution in [2.45, 2.75) is 58.0 Å². The van der Waals surface area contributed by atoms with Crippen LogP contribution in [-0.2, 0) is 6.54 Å². The van der Waals surface area contributed by atoms with Gasteiger partial charge in [-0.25, -0.2) is 18.7 Å². The van der Waals surface area contributed by atoms with E-state index in [9.17, 15) is 13.6 Å². The minimum absolute atomic E-state index is 0.0245. The molecular weight excluding hydrogens is 500 g/mol. The predicted molar refractivity (Wildman–Crippen MR) is 138 cm³/mol. The van der Waals surface area contributed by atoms with Gasteiger partial charge in [0.25, 0.3) is 5.91 Å². The van der Waals surface area contributed by atoms with Crippen molar-refractivity contribution in [3.63, 3.8) is 0 Å². The van der Waals surface area contributed by atoms with Crippen LogP contribution in [0.1, 0.15) is 53.3 Å². The molecule has 10 heteroatoms. The Balaban J connectivity index is 1.49. The number of aromatic nitrogens is 3. The second-order valence-corrected chi connectivity index (χ2v) is 9.85. The first-order valence-corrected chi connectivity index (χ1v) is 12.5. The van der Waals surface area contributed by atoms with Crippen LogP contribution < -0.4 is 10.6 Å². The van der Waals surface area contributed by atoms with Crippen LogP contribution in [0.2, 0.25) is 5.02 Å². The van der Waals surface area contributed by atoms with E-state index in [0.717, 1.165) is 22.4 Å². The number of carbonyl (C=O) groups excluding carboxylic acids is 1. The van der Waals surface area contributed by atoms with Crippen LogP contribution in [-0.4, -0.2) is 33.0 Å². The van der Waals surface area contributed by atoms with Crippen molar-refractivity contribution >= 4 is 34.2 Å². The number of hydrogen-bond donors (Lipinski definition) is 2. The van der Waals surface area contributed by atoms with Gasteiger partial charge in [0, 0.05) is 41.4 Å². The Morgan fingerprint density at radius 1 is 1.14 bits per heavy atom. The molecule has 4 aromatic rings. The van der Waals surface area contributed by atoms with Crippen LogP contribution in [0.4, 0.5) is 14.6 Å². The van der Waals surface area contributed by atoms with Gasteiger partial charge in [-0.05, 0) is 62.1 Å². The molecular formula is C27H26ClF2N5O2. The van der Waals surface area contributed by atoms with Gasteiger partial charge in [0.15, 0.2) is 0 Å². The quantitative estimate of drug-likeness (QED) is 0.299. The minimum atomic E-state index is -2.67. The summed E-state index contributed by atoms with van der Waals surface area (Å²) >= 11 is 6.14. The lowest BCUT2D eigenvalue weighted by Gasteiger charge is -2.28. The number of rotatable bonds is 6. The van der Waals surface area contributed by atoms with E-state index in [1.165, 1.54) is 0 Å². The summed E-state index contributed by atoms with van der Waals surface area (Å²) in [6, 6.07) is 12.8. The number of benzene rings is 2. The fourth-order valence-electron chi connectivity index (χ4n) is 4.68. The van der Waals surface area contributed by atoms with Gasteiger partial charge in [-0.3, -0.25) is 4.79 Å². The van der Waals surface area contributed by atoms with Crippen LogP contribution in [0.5, 0.6) is 0 Å². The zero-order valence-electron chi connectivity index (χ0n) is 20.4. The third-order valence-electron chi connectivity index (χ3n) is 6.62. The summed E-state index contributed by atoms with van der Waals surface area (Å²) in [5.74, 6) is -2.02. The van der Waals surface area contributed by atoms with Crippen molar-refractivity contribution in [1.29, 1.82) is 0 Å². The normalized spacial score (nSPS) is 15.6. The van der Waals surface area contributed by atoms with E-state index in [-0.39, 0.29) is 37.5 Å². The molecule has 2 aromatic heterocycles. The third-order valence-corrected chi connectivity index (χ3v) is 6.86. The van der Waals surface area contributed by atoms with E-state index in [4.69, 9.17) is 16.1 Å². The molecule has 0 bridgehead atoms. The van der Waals surface area contributed by atoms with Gasteiger partial charge in [0.05, 0.1) is 11.2 Å². The van der Waals surface area contributed by atoms with Gasteiger partial charge in [-0.15, -0.1) is 0 Å². The number of nitrogens with zero attached hydrogens (tertiary/aromatic N) is 3. The van der Waals surface area contributed by atoms with Crippen molar-refractivity contribution in [3.8, 4) is 11.1 Å². The first-order valence-electron chi connectivity index (χ1n) is 12.1. The fourth-order valence-corrected chi connectivity index (χ4v) is 4.90.